The molecule has 5 heteroatoms. The number of hydrogen-bond donors (Lipinski definition) is 2. The van der Waals surface area contributed by atoms with Crippen molar-refractivity contribution in [2.24, 2.45) is 18.8 Å². The number of nitrogens with zero attached hydrogens (tertiary/aromatic N) is 2. The molecule has 0 saturated carbocycles. The highest BCUT2D eigenvalue weighted by Gasteiger charge is 2.24. The van der Waals surface area contributed by atoms with Crippen LogP contribution in [0.5, 0.6) is 0 Å². The molecule has 1 aliphatic carbocycles. The monoisotopic (exact) mass is 208 g/mol. The molecular weight excluding hydrogens is 192 g/mol. The van der Waals surface area contributed by atoms with Gasteiger partial charge in [0.1, 0.15) is 0 Å². The molecule has 1 heterocycles. The first-order chi connectivity index (χ1) is 7.22. The normalized spacial score (nSPS) is 20.5. The van der Waals surface area contributed by atoms with E-state index in [-0.39, 0.29) is 11.8 Å². The summed E-state index contributed by atoms with van der Waals surface area (Å²) in [5.74, 6) is 5.09. The van der Waals surface area contributed by atoms with Gasteiger partial charge < -0.3 is 0 Å². The van der Waals surface area contributed by atoms with Gasteiger partial charge in [-0.15, -0.1) is 0 Å². The molecule has 15 heavy (non-hydrogen) atoms. The smallest absolute Gasteiger partial charge is 0.237 e. The largest absolute Gasteiger partial charge is 0.294 e. The fraction of sp³-hybridized carbons (Fsp3) is 0.600. The summed E-state index contributed by atoms with van der Waals surface area (Å²) in [5, 5.41) is 4.21. The highest BCUT2D eigenvalue weighted by atomic mass is 16.2. The summed E-state index contributed by atoms with van der Waals surface area (Å²) in [5.41, 5.74) is 4.67. The van der Waals surface area contributed by atoms with Crippen molar-refractivity contribution in [2.45, 2.75) is 25.7 Å². The predicted molar refractivity (Wildman–Crippen MR) is 55.7 cm³/mol. The lowest BCUT2D eigenvalue weighted by Gasteiger charge is -2.12. The molecule has 82 valence electrons. The maximum absolute atomic E-state index is 11.5. The predicted octanol–water partition coefficient (Wildman–Crippen LogP) is -0.0950. The van der Waals surface area contributed by atoms with Gasteiger partial charge in [-0.3, -0.25) is 14.9 Å². The summed E-state index contributed by atoms with van der Waals surface area (Å²) in [6.45, 7) is 0. The van der Waals surface area contributed by atoms with Crippen LogP contribution < -0.4 is 11.3 Å². The first kappa shape index (κ1) is 10.2. The Labute approximate surface area is 88.6 Å². The Balaban J connectivity index is 2.23. The molecule has 3 N–H and O–H groups in total. The van der Waals surface area contributed by atoms with Gasteiger partial charge in [0.2, 0.25) is 5.91 Å². The zero-order valence-corrected chi connectivity index (χ0v) is 8.86. The minimum absolute atomic E-state index is 0.00773. The second kappa shape index (κ2) is 4.02. The molecular formula is C10H16N4O. The number of nitrogens with two attached hydrogens (primary N) is 1. The summed E-state index contributed by atoms with van der Waals surface area (Å²) in [6, 6.07) is 0. The maximum atomic E-state index is 11.5. The van der Waals surface area contributed by atoms with E-state index in [1.807, 2.05) is 17.9 Å². The van der Waals surface area contributed by atoms with Crippen molar-refractivity contribution in [2.75, 3.05) is 0 Å². The van der Waals surface area contributed by atoms with Crippen molar-refractivity contribution in [1.82, 2.24) is 15.2 Å². The molecule has 1 aromatic heterocycles. The van der Waals surface area contributed by atoms with Crippen LogP contribution in [-0.2, 0) is 24.7 Å². The number of nitrogens with one attached hydrogen (secondary N) is 1. The van der Waals surface area contributed by atoms with Crippen molar-refractivity contribution in [3.05, 3.63) is 17.5 Å². The Morgan fingerprint density at radius 1 is 1.73 bits per heavy atom. The zero-order valence-electron chi connectivity index (χ0n) is 8.86. The minimum atomic E-state index is -0.0657. The van der Waals surface area contributed by atoms with Gasteiger partial charge in [-0.1, -0.05) is 0 Å². The Morgan fingerprint density at radius 2 is 2.53 bits per heavy atom. The molecule has 0 fully saturated rings. The Hall–Kier alpha value is -1.36. The Kier molecular flexibility index (Phi) is 2.73. The lowest BCUT2D eigenvalue weighted by atomic mass is 9.99. The first-order valence-corrected chi connectivity index (χ1v) is 5.22. The Bertz CT molecular complexity index is 371. The number of carbonyl (C=O) groups is 1. The molecule has 0 radical (unpaired) electrons. The highest BCUT2D eigenvalue weighted by Crippen LogP contribution is 2.23. The van der Waals surface area contributed by atoms with E-state index in [1.54, 1.807) is 0 Å². The van der Waals surface area contributed by atoms with Crippen LogP contribution in [-0.4, -0.2) is 15.7 Å². The zero-order chi connectivity index (χ0) is 10.8. The maximum Gasteiger partial charge on any atom is 0.237 e. The lowest BCUT2D eigenvalue weighted by Crippen LogP contribution is -2.36. The SMILES string of the molecule is Cn1ncc2c1C[C@@H](C(=O)NN)CCC2. The molecule has 0 saturated heterocycles. The van der Waals surface area contributed by atoms with E-state index in [4.69, 9.17) is 5.84 Å². The van der Waals surface area contributed by atoms with Crippen molar-refractivity contribution in [1.29, 1.82) is 0 Å². The molecule has 1 aromatic rings. The molecule has 1 amide bonds. The molecule has 0 unspecified atom stereocenters. The highest BCUT2D eigenvalue weighted by molar-refractivity contribution is 5.78. The van der Waals surface area contributed by atoms with Gasteiger partial charge in [-0.2, -0.15) is 5.10 Å². The van der Waals surface area contributed by atoms with E-state index in [0.717, 1.165) is 25.7 Å². The number of rotatable bonds is 1. The molecule has 0 aliphatic heterocycles. The van der Waals surface area contributed by atoms with Gasteiger partial charge in [0, 0.05) is 25.1 Å². The van der Waals surface area contributed by atoms with Crippen LogP contribution in [0, 0.1) is 5.92 Å². The second-order valence-electron chi connectivity index (χ2n) is 4.04. The van der Waals surface area contributed by atoms with Crippen LogP contribution in [0.4, 0.5) is 0 Å². The van der Waals surface area contributed by atoms with E-state index < -0.39 is 0 Å². The van der Waals surface area contributed by atoms with Crippen LogP contribution in [0.2, 0.25) is 0 Å². The van der Waals surface area contributed by atoms with E-state index in [1.165, 1.54) is 11.3 Å². The number of aryl methyl sites for hydroxylation is 2. The summed E-state index contributed by atoms with van der Waals surface area (Å²) in [6.07, 6.45) is 5.58. The van der Waals surface area contributed by atoms with Crippen LogP contribution >= 0.6 is 0 Å². The van der Waals surface area contributed by atoms with Gasteiger partial charge in [-0.05, 0) is 24.8 Å². The third-order valence-corrected chi connectivity index (χ3v) is 3.10. The lowest BCUT2D eigenvalue weighted by molar-refractivity contribution is -0.125. The van der Waals surface area contributed by atoms with Gasteiger partial charge in [-0.25, -0.2) is 5.84 Å². The summed E-state index contributed by atoms with van der Waals surface area (Å²) in [4.78, 5) is 11.5. The number of aromatic nitrogens is 2. The van der Waals surface area contributed by atoms with Gasteiger partial charge >= 0.3 is 0 Å². The van der Waals surface area contributed by atoms with E-state index in [0.29, 0.717) is 0 Å². The molecule has 0 bridgehead atoms. The number of hydrogen-bond acceptors (Lipinski definition) is 3. The Morgan fingerprint density at radius 3 is 3.27 bits per heavy atom. The van der Waals surface area contributed by atoms with Crippen molar-refractivity contribution < 1.29 is 4.79 Å². The van der Waals surface area contributed by atoms with E-state index in [2.05, 4.69) is 10.5 Å². The quantitative estimate of drug-likeness (QED) is 0.293. The third kappa shape index (κ3) is 1.87. The average Bonchev–Trinajstić information content (AvgIpc) is 2.50. The van der Waals surface area contributed by atoms with Gasteiger partial charge in [0.05, 0.1) is 6.20 Å². The van der Waals surface area contributed by atoms with Crippen molar-refractivity contribution >= 4 is 5.91 Å². The number of amides is 1. The first-order valence-electron chi connectivity index (χ1n) is 5.22. The second-order valence-corrected chi connectivity index (χ2v) is 4.04. The summed E-state index contributed by atoms with van der Waals surface area (Å²) in [7, 11) is 1.92. The molecule has 1 atom stereocenters. The van der Waals surface area contributed by atoms with E-state index in [9.17, 15) is 4.79 Å². The number of fused-ring (bicyclic) bond motifs is 1. The van der Waals surface area contributed by atoms with Crippen LogP contribution in [0.25, 0.3) is 0 Å². The van der Waals surface area contributed by atoms with Crippen LogP contribution in [0.3, 0.4) is 0 Å². The summed E-state index contributed by atoms with van der Waals surface area (Å²) >= 11 is 0. The van der Waals surface area contributed by atoms with Crippen LogP contribution in [0.1, 0.15) is 24.1 Å². The number of carbonyl (C=O) groups excluding carboxylic acids is 1. The molecule has 1 aliphatic rings. The standard InChI is InChI=1S/C10H16N4O/c1-14-9-5-7(10(15)13-11)3-2-4-8(9)6-12-14/h6-7H,2-5,11H2,1H3,(H,13,15)/t7-/m0/s1. The van der Waals surface area contributed by atoms with E-state index >= 15 is 0 Å². The van der Waals surface area contributed by atoms with Crippen LogP contribution in [0.15, 0.2) is 6.20 Å². The number of hydrazine groups is 1. The minimum Gasteiger partial charge on any atom is -0.294 e. The summed E-state index contributed by atoms with van der Waals surface area (Å²) < 4.78 is 1.86. The average molecular weight is 208 g/mol. The van der Waals surface area contributed by atoms with Crippen molar-refractivity contribution in [3.8, 4) is 0 Å². The topological polar surface area (TPSA) is 72.9 Å². The fourth-order valence-corrected chi connectivity index (χ4v) is 2.20. The molecule has 5 nitrogen and oxygen atoms in total. The third-order valence-electron chi connectivity index (χ3n) is 3.10. The fourth-order valence-electron chi connectivity index (χ4n) is 2.20. The molecule has 2 rings (SSSR count). The van der Waals surface area contributed by atoms with Gasteiger partial charge in [0.15, 0.2) is 0 Å². The van der Waals surface area contributed by atoms with Crippen molar-refractivity contribution in [3.63, 3.8) is 0 Å². The molecule has 0 spiro atoms. The molecule has 0 aromatic carbocycles. The van der Waals surface area contributed by atoms with Gasteiger partial charge in [0.25, 0.3) is 0 Å².